The predicted molar refractivity (Wildman–Crippen MR) is 42.7 cm³/mol. The van der Waals surface area contributed by atoms with E-state index in [0.29, 0.717) is 13.0 Å². The molecule has 0 bridgehead atoms. The Hall–Kier alpha value is -1.36. The van der Waals surface area contributed by atoms with Gasteiger partial charge in [0.1, 0.15) is 0 Å². The molecule has 1 saturated heterocycles. The predicted octanol–water partition coefficient (Wildman–Crippen LogP) is -0.276. The van der Waals surface area contributed by atoms with Crippen LogP contribution in [0.25, 0.3) is 0 Å². The fraction of sp³-hybridized carbons (Fsp3) is 0.500. The molecule has 13 heavy (non-hydrogen) atoms. The summed E-state index contributed by atoms with van der Waals surface area (Å²) in [6, 6.07) is 1.51. The van der Waals surface area contributed by atoms with Crippen LogP contribution in [0.1, 0.15) is 12.2 Å². The average Bonchev–Trinajstić information content (AvgIpc) is 2.71. The van der Waals surface area contributed by atoms with Gasteiger partial charge in [-0.05, 0) is 0 Å². The Morgan fingerprint density at radius 1 is 1.77 bits per heavy atom. The van der Waals surface area contributed by atoms with Gasteiger partial charge >= 0.3 is 0 Å². The van der Waals surface area contributed by atoms with Crippen LogP contribution in [0.15, 0.2) is 16.8 Å². The van der Waals surface area contributed by atoms with Crippen LogP contribution >= 0.6 is 0 Å². The normalized spacial score (nSPS) is 28.5. The van der Waals surface area contributed by atoms with Crippen LogP contribution in [-0.4, -0.2) is 34.7 Å². The highest BCUT2D eigenvalue weighted by atomic mass is 16.5. The molecule has 0 saturated carbocycles. The van der Waals surface area contributed by atoms with E-state index in [0.717, 1.165) is 0 Å². The van der Waals surface area contributed by atoms with Gasteiger partial charge in [-0.3, -0.25) is 4.79 Å². The van der Waals surface area contributed by atoms with E-state index in [2.05, 4.69) is 5.16 Å². The first-order valence-corrected chi connectivity index (χ1v) is 4.04. The van der Waals surface area contributed by atoms with Crippen LogP contribution in [0.2, 0.25) is 0 Å². The van der Waals surface area contributed by atoms with Crippen molar-refractivity contribution >= 4 is 5.91 Å². The molecule has 1 amide bonds. The van der Waals surface area contributed by atoms with Gasteiger partial charge in [-0.25, -0.2) is 0 Å². The summed E-state index contributed by atoms with van der Waals surface area (Å²) in [7, 11) is 1.65. The van der Waals surface area contributed by atoms with Crippen LogP contribution in [0, 0.1) is 0 Å². The zero-order chi connectivity index (χ0) is 9.47. The molecule has 70 valence electrons. The molecule has 1 N–H and O–H groups in total. The summed E-state index contributed by atoms with van der Waals surface area (Å²) < 4.78 is 4.79. The number of hydrogen-bond acceptors (Lipinski definition) is 4. The molecule has 1 aliphatic rings. The van der Waals surface area contributed by atoms with E-state index in [-0.39, 0.29) is 11.7 Å². The Kier molecular flexibility index (Phi) is 1.63. The van der Waals surface area contributed by atoms with Crippen molar-refractivity contribution in [1.82, 2.24) is 10.1 Å². The summed E-state index contributed by atoms with van der Waals surface area (Å²) in [4.78, 5) is 13.0. The smallest absolute Gasteiger partial charge is 0.262 e. The quantitative estimate of drug-likeness (QED) is 0.649. The van der Waals surface area contributed by atoms with Gasteiger partial charge in [0, 0.05) is 26.1 Å². The van der Waals surface area contributed by atoms with E-state index >= 15 is 0 Å². The van der Waals surface area contributed by atoms with E-state index in [1.54, 1.807) is 7.05 Å². The number of hydrogen-bond donors (Lipinski definition) is 1. The van der Waals surface area contributed by atoms with Gasteiger partial charge in [0.2, 0.25) is 5.60 Å². The highest BCUT2D eigenvalue weighted by molar-refractivity contribution is 5.87. The molecular formula is C8H10N2O3. The standard InChI is InChI=1S/C8H10N2O3/c1-10-5-3-8(12,7(10)11)6-2-4-9-13-6/h2,4,12H,3,5H2,1H3. The fourth-order valence-corrected chi connectivity index (χ4v) is 1.51. The Balaban J connectivity index is 2.37. The molecule has 1 fully saturated rings. The minimum atomic E-state index is -1.49. The van der Waals surface area contributed by atoms with Crippen molar-refractivity contribution in [2.24, 2.45) is 0 Å². The van der Waals surface area contributed by atoms with E-state index in [4.69, 9.17) is 4.52 Å². The van der Waals surface area contributed by atoms with Gasteiger partial charge < -0.3 is 14.5 Å². The maximum atomic E-state index is 11.5. The fourth-order valence-electron chi connectivity index (χ4n) is 1.51. The zero-order valence-electron chi connectivity index (χ0n) is 7.23. The van der Waals surface area contributed by atoms with Crippen LogP contribution in [-0.2, 0) is 10.4 Å². The molecular weight excluding hydrogens is 172 g/mol. The lowest BCUT2D eigenvalue weighted by Crippen LogP contribution is -2.35. The monoisotopic (exact) mass is 182 g/mol. The Bertz CT molecular complexity index is 322. The van der Waals surface area contributed by atoms with Gasteiger partial charge in [0.05, 0.1) is 6.20 Å². The summed E-state index contributed by atoms with van der Waals surface area (Å²) in [5.74, 6) is -0.105. The highest BCUT2D eigenvalue weighted by Gasteiger charge is 2.47. The summed E-state index contributed by atoms with van der Waals surface area (Å²) >= 11 is 0. The number of aliphatic hydroxyl groups is 1. The van der Waals surface area contributed by atoms with Crippen molar-refractivity contribution in [2.75, 3.05) is 13.6 Å². The first-order valence-electron chi connectivity index (χ1n) is 4.04. The SMILES string of the molecule is CN1CCC(O)(c2ccno2)C1=O. The van der Waals surface area contributed by atoms with Crippen LogP contribution in [0.4, 0.5) is 0 Å². The molecule has 1 unspecified atom stereocenters. The second-order valence-corrected chi connectivity index (χ2v) is 3.21. The molecule has 2 rings (SSSR count). The zero-order valence-corrected chi connectivity index (χ0v) is 7.23. The topological polar surface area (TPSA) is 66.6 Å². The number of aromatic nitrogens is 1. The van der Waals surface area contributed by atoms with Crippen molar-refractivity contribution in [3.63, 3.8) is 0 Å². The second kappa shape index (κ2) is 2.56. The molecule has 1 aliphatic heterocycles. The molecule has 0 aromatic carbocycles. The largest absolute Gasteiger partial charge is 0.373 e. The third kappa shape index (κ3) is 1.04. The number of nitrogens with zero attached hydrogens (tertiary/aromatic N) is 2. The van der Waals surface area contributed by atoms with Gasteiger partial charge in [-0.2, -0.15) is 0 Å². The van der Waals surface area contributed by atoms with E-state index in [1.165, 1.54) is 17.2 Å². The molecule has 0 aliphatic carbocycles. The molecule has 5 nitrogen and oxygen atoms in total. The van der Waals surface area contributed by atoms with Gasteiger partial charge in [-0.1, -0.05) is 5.16 Å². The summed E-state index contributed by atoms with van der Waals surface area (Å²) in [5.41, 5.74) is -1.49. The number of carbonyl (C=O) groups is 1. The minimum Gasteiger partial charge on any atom is -0.373 e. The number of rotatable bonds is 1. The molecule has 0 spiro atoms. The lowest BCUT2D eigenvalue weighted by atomic mass is 9.99. The third-order valence-electron chi connectivity index (χ3n) is 2.35. The summed E-state index contributed by atoms with van der Waals surface area (Å²) in [6.45, 7) is 0.538. The highest BCUT2D eigenvalue weighted by Crippen LogP contribution is 2.31. The van der Waals surface area contributed by atoms with E-state index < -0.39 is 5.60 Å². The maximum absolute atomic E-state index is 11.5. The van der Waals surface area contributed by atoms with Crippen LogP contribution < -0.4 is 0 Å². The number of amides is 1. The summed E-state index contributed by atoms with van der Waals surface area (Å²) in [5, 5.41) is 13.4. The van der Waals surface area contributed by atoms with E-state index in [9.17, 15) is 9.90 Å². The molecule has 1 atom stereocenters. The third-order valence-corrected chi connectivity index (χ3v) is 2.35. The summed E-state index contributed by atoms with van der Waals surface area (Å²) in [6.07, 6.45) is 1.77. The van der Waals surface area contributed by atoms with Crippen LogP contribution in [0.5, 0.6) is 0 Å². The maximum Gasteiger partial charge on any atom is 0.262 e. The van der Waals surface area contributed by atoms with Crippen LogP contribution in [0.3, 0.4) is 0 Å². The number of likely N-dealkylation sites (N-methyl/N-ethyl adjacent to an activating group) is 1. The van der Waals surface area contributed by atoms with Gasteiger partial charge in [0.15, 0.2) is 5.76 Å². The van der Waals surface area contributed by atoms with Crippen molar-refractivity contribution in [3.05, 3.63) is 18.0 Å². The molecule has 1 aromatic rings. The minimum absolute atomic E-state index is 0.224. The molecule has 5 heteroatoms. The Labute approximate surface area is 74.9 Å². The average molecular weight is 182 g/mol. The number of carbonyl (C=O) groups excluding carboxylic acids is 1. The number of likely N-dealkylation sites (tertiary alicyclic amines) is 1. The van der Waals surface area contributed by atoms with Gasteiger partial charge in [-0.15, -0.1) is 0 Å². The Morgan fingerprint density at radius 2 is 2.54 bits per heavy atom. The van der Waals surface area contributed by atoms with E-state index in [1.807, 2.05) is 0 Å². The van der Waals surface area contributed by atoms with Crippen molar-refractivity contribution < 1.29 is 14.4 Å². The van der Waals surface area contributed by atoms with Crippen molar-refractivity contribution in [1.29, 1.82) is 0 Å². The Morgan fingerprint density at radius 3 is 3.00 bits per heavy atom. The van der Waals surface area contributed by atoms with Crippen molar-refractivity contribution in [3.8, 4) is 0 Å². The van der Waals surface area contributed by atoms with Crippen molar-refractivity contribution in [2.45, 2.75) is 12.0 Å². The lowest BCUT2D eigenvalue weighted by Gasteiger charge is -2.16. The first-order chi connectivity index (χ1) is 6.14. The lowest BCUT2D eigenvalue weighted by molar-refractivity contribution is -0.144. The van der Waals surface area contributed by atoms with Gasteiger partial charge in [0.25, 0.3) is 5.91 Å². The molecule has 1 aromatic heterocycles. The second-order valence-electron chi connectivity index (χ2n) is 3.21. The molecule has 2 heterocycles. The molecule has 0 radical (unpaired) electrons. The first kappa shape index (κ1) is 8.25.